The highest BCUT2D eigenvalue weighted by molar-refractivity contribution is 7.93. The van der Waals surface area contributed by atoms with Crippen LogP contribution in [0.2, 0.25) is 0 Å². The Morgan fingerprint density at radius 3 is 2.89 bits per heavy atom. The molecule has 0 atom stereocenters. The number of ether oxygens (including phenoxy) is 2. The molecule has 0 aliphatic carbocycles. The Bertz CT molecular complexity index is 481. The van der Waals surface area contributed by atoms with Crippen LogP contribution in [0.4, 0.5) is 5.95 Å². The number of nitrogens with one attached hydrogen (secondary N) is 2. The zero-order valence-electron chi connectivity index (χ0n) is 10.0. The van der Waals surface area contributed by atoms with Crippen molar-refractivity contribution in [1.29, 1.82) is 0 Å². The molecule has 2 N–H and O–H groups in total. The molecule has 1 aromatic rings. The Morgan fingerprint density at radius 1 is 1.50 bits per heavy atom. The van der Waals surface area contributed by atoms with Crippen LogP contribution in [0.15, 0.2) is 0 Å². The van der Waals surface area contributed by atoms with Gasteiger partial charge in [-0.15, -0.1) is 5.10 Å². The highest BCUT2D eigenvalue weighted by atomic mass is 32.2. The number of aromatic nitrogens is 3. The van der Waals surface area contributed by atoms with Gasteiger partial charge < -0.3 is 9.47 Å². The second-order valence-electron chi connectivity index (χ2n) is 3.86. The second kappa shape index (κ2) is 5.53. The van der Waals surface area contributed by atoms with Gasteiger partial charge in [-0.3, -0.25) is 4.72 Å². The molecule has 1 saturated heterocycles. The van der Waals surface area contributed by atoms with E-state index in [0.29, 0.717) is 32.7 Å². The number of H-pyrrole nitrogens is 1. The van der Waals surface area contributed by atoms with E-state index in [9.17, 15) is 8.42 Å². The Kier molecular flexibility index (Phi) is 4.02. The van der Waals surface area contributed by atoms with Crippen molar-refractivity contribution in [1.82, 2.24) is 15.2 Å². The van der Waals surface area contributed by atoms with Gasteiger partial charge in [-0.25, -0.2) is 13.5 Å². The summed E-state index contributed by atoms with van der Waals surface area (Å²) >= 11 is 0. The molecule has 1 aromatic heterocycles. The van der Waals surface area contributed by atoms with Gasteiger partial charge in [0.2, 0.25) is 16.0 Å². The van der Waals surface area contributed by atoms with Crippen molar-refractivity contribution in [2.45, 2.75) is 25.0 Å². The Balaban J connectivity index is 2.01. The first-order valence-corrected chi connectivity index (χ1v) is 7.31. The highest BCUT2D eigenvalue weighted by Crippen LogP contribution is 2.18. The van der Waals surface area contributed by atoms with Crippen molar-refractivity contribution in [2.75, 3.05) is 24.5 Å². The monoisotopic (exact) mass is 276 g/mol. The summed E-state index contributed by atoms with van der Waals surface area (Å²) in [5, 5.41) is 5.75. The first-order valence-electron chi connectivity index (χ1n) is 5.76. The van der Waals surface area contributed by atoms with Gasteiger partial charge in [0.1, 0.15) is 0 Å². The maximum absolute atomic E-state index is 12.0. The lowest BCUT2D eigenvalue weighted by atomic mass is 10.2. The third-order valence-corrected chi connectivity index (χ3v) is 4.41. The van der Waals surface area contributed by atoms with Crippen LogP contribution < -0.4 is 9.46 Å². The lowest BCUT2D eigenvalue weighted by molar-refractivity contribution is 0.0984. The van der Waals surface area contributed by atoms with E-state index in [-0.39, 0.29) is 12.0 Å². The molecule has 18 heavy (non-hydrogen) atoms. The van der Waals surface area contributed by atoms with E-state index in [1.165, 1.54) is 0 Å². The maximum atomic E-state index is 12.0. The number of rotatable bonds is 5. The summed E-state index contributed by atoms with van der Waals surface area (Å²) in [6.45, 7) is 3.14. The molecule has 8 nitrogen and oxygen atoms in total. The number of aromatic amines is 1. The molecular weight excluding hydrogens is 260 g/mol. The minimum atomic E-state index is -3.46. The molecule has 0 saturated carbocycles. The topological polar surface area (TPSA) is 106 Å². The first-order chi connectivity index (χ1) is 8.62. The summed E-state index contributed by atoms with van der Waals surface area (Å²) in [5.74, 6) is 0.0740. The molecule has 0 spiro atoms. The van der Waals surface area contributed by atoms with Crippen molar-refractivity contribution in [3.8, 4) is 6.01 Å². The normalized spacial score (nSPS) is 17.6. The van der Waals surface area contributed by atoms with Crippen molar-refractivity contribution in [3.05, 3.63) is 0 Å². The molecule has 0 bridgehead atoms. The summed E-state index contributed by atoms with van der Waals surface area (Å²) in [5.41, 5.74) is 0. The summed E-state index contributed by atoms with van der Waals surface area (Å²) in [6, 6.07) is 0.127. The van der Waals surface area contributed by atoms with Gasteiger partial charge in [0, 0.05) is 13.2 Å². The second-order valence-corrected chi connectivity index (χ2v) is 5.82. The minimum Gasteiger partial charge on any atom is -0.463 e. The Morgan fingerprint density at radius 2 is 2.22 bits per heavy atom. The van der Waals surface area contributed by atoms with E-state index >= 15 is 0 Å². The van der Waals surface area contributed by atoms with Crippen LogP contribution in [0.1, 0.15) is 19.8 Å². The molecule has 0 amide bonds. The molecule has 102 valence electrons. The van der Waals surface area contributed by atoms with Gasteiger partial charge in [0.15, 0.2) is 0 Å². The van der Waals surface area contributed by atoms with E-state index in [0.717, 1.165) is 0 Å². The zero-order chi connectivity index (χ0) is 13.0. The predicted molar refractivity (Wildman–Crippen MR) is 63.9 cm³/mol. The lowest BCUT2D eigenvalue weighted by Crippen LogP contribution is -2.33. The van der Waals surface area contributed by atoms with Gasteiger partial charge in [0.25, 0.3) is 0 Å². The van der Waals surface area contributed by atoms with Crippen LogP contribution >= 0.6 is 0 Å². The molecule has 9 heteroatoms. The number of sulfonamides is 1. The number of anilines is 1. The number of nitrogens with zero attached hydrogens (tertiary/aromatic N) is 2. The molecule has 0 unspecified atom stereocenters. The van der Waals surface area contributed by atoms with Crippen LogP contribution in [0.5, 0.6) is 6.01 Å². The van der Waals surface area contributed by atoms with Crippen LogP contribution in [0, 0.1) is 0 Å². The minimum absolute atomic E-state index is 0.0740. The molecule has 1 aliphatic heterocycles. The van der Waals surface area contributed by atoms with Crippen molar-refractivity contribution >= 4 is 16.0 Å². The first kappa shape index (κ1) is 13.1. The molecule has 1 aliphatic rings. The number of hydrogen-bond donors (Lipinski definition) is 2. The van der Waals surface area contributed by atoms with Crippen LogP contribution in [-0.4, -0.2) is 48.7 Å². The third-order valence-electron chi connectivity index (χ3n) is 2.58. The lowest BCUT2D eigenvalue weighted by Gasteiger charge is -2.21. The van der Waals surface area contributed by atoms with Crippen molar-refractivity contribution in [2.24, 2.45) is 0 Å². The van der Waals surface area contributed by atoms with Crippen molar-refractivity contribution in [3.63, 3.8) is 0 Å². The van der Waals surface area contributed by atoms with Gasteiger partial charge in [-0.2, -0.15) is 4.98 Å². The summed E-state index contributed by atoms with van der Waals surface area (Å²) < 4.78 is 36.6. The highest BCUT2D eigenvalue weighted by Gasteiger charge is 2.28. The van der Waals surface area contributed by atoms with E-state index < -0.39 is 15.3 Å². The van der Waals surface area contributed by atoms with Gasteiger partial charge in [-0.1, -0.05) is 0 Å². The zero-order valence-corrected chi connectivity index (χ0v) is 10.9. The van der Waals surface area contributed by atoms with Crippen LogP contribution in [-0.2, 0) is 14.8 Å². The Labute approximate surface area is 105 Å². The smallest absolute Gasteiger partial charge is 0.337 e. The van der Waals surface area contributed by atoms with Crippen LogP contribution in [0.25, 0.3) is 0 Å². The molecule has 2 rings (SSSR count). The quantitative estimate of drug-likeness (QED) is 0.791. The largest absolute Gasteiger partial charge is 0.463 e. The van der Waals surface area contributed by atoms with Gasteiger partial charge in [0.05, 0.1) is 11.9 Å². The fourth-order valence-corrected chi connectivity index (χ4v) is 3.03. The molecule has 0 radical (unpaired) electrons. The van der Waals surface area contributed by atoms with Gasteiger partial charge in [-0.05, 0) is 19.8 Å². The maximum Gasteiger partial charge on any atom is 0.337 e. The molecular formula is C9H16N4O4S. The average molecular weight is 276 g/mol. The summed E-state index contributed by atoms with van der Waals surface area (Å²) in [4.78, 5) is 3.87. The predicted octanol–water partition coefficient (Wildman–Crippen LogP) is 0.124. The Hall–Kier alpha value is -1.35. The SMILES string of the molecule is CCOc1n[nH]c(NS(=O)(=O)C2CCOCC2)n1. The molecule has 2 heterocycles. The van der Waals surface area contributed by atoms with Crippen molar-refractivity contribution < 1.29 is 17.9 Å². The van der Waals surface area contributed by atoms with E-state index in [1.807, 2.05) is 0 Å². The van der Waals surface area contributed by atoms with E-state index in [4.69, 9.17) is 9.47 Å². The molecule has 0 aromatic carbocycles. The van der Waals surface area contributed by atoms with Crippen LogP contribution in [0.3, 0.4) is 0 Å². The number of hydrogen-bond acceptors (Lipinski definition) is 6. The fourth-order valence-electron chi connectivity index (χ4n) is 1.69. The standard InChI is InChI=1S/C9H16N4O4S/c1-2-17-9-10-8(11-12-9)13-18(14,15)7-3-5-16-6-4-7/h7H,2-6H2,1H3,(H2,10,11,12,13). The average Bonchev–Trinajstić information content (AvgIpc) is 2.77. The van der Waals surface area contributed by atoms with E-state index in [2.05, 4.69) is 19.9 Å². The summed E-state index contributed by atoms with van der Waals surface area (Å²) in [6.07, 6.45) is 0.976. The fraction of sp³-hybridized carbons (Fsp3) is 0.778. The van der Waals surface area contributed by atoms with Gasteiger partial charge >= 0.3 is 6.01 Å². The third kappa shape index (κ3) is 3.10. The van der Waals surface area contributed by atoms with E-state index in [1.54, 1.807) is 6.92 Å². The summed E-state index contributed by atoms with van der Waals surface area (Å²) in [7, 11) is -3.46. The molecule has 1 fully saturated rings.